The fourth-order valence-electron chi connectivity index (χ4n) is 1.34. The van der Waals surface area contributed by atoms with Crippen molar-refractivity contribution in [3.05, 3.63) is 35.7 Å². The van der Waals surface area contributed by atoms with Gasteiger partial charge in [0.15, 0.2) is 6.29 Å². The Hall–Kier alpha value is -1.97. The van der Waals surface area contributed by atoms with E-state index in [1.54, 1.807) is 18.2 Å². The summed E-state index contributed by atoms with van der Waals surface area (Å²) in [5, 5.41) is 3.93. The first-order chi connectivity index (χ1) is 7.70. The molecule has 2 aromatic rings. The van der Waals surface area contributed by atoms with Gasteiger partial charge in [-0.25, -0.2) is 4.98 Å². The van der Waals surface area contributed by atoms with Crippen LogP contribution >= 0.6 is 0 Å². The van der Waals surface area contributed by atoms with Gasteiger partial charge in [0, 0.05) is 12.0 Å². The number of pyridine rings is 1. The minimum atomic E-state index is 0.288. The molecule has 0 fully saturated rings. The van der Waals surface area contributed by atoms with E-state index in [2.05, 4.69) is 10.1 Å². The lowest BCUT2D eigenvalue weighted by atomic mass is 10.1. The van der Waals surface area contributed by atoms with Gasteiger partial charge in [-0.1, -0.05) is 25.1 Å². The average molecular weight is 216 g/mol. The van der Waals surface area contributed by atoms with Crippen molar-refractivity contribution in [3.63, 3.8) is 0 Å². The van der Waals surface area contributed by atoms with Crippen molar-refractivity contribution in [2.24, 2.45) is 0 Å². The lowest BCUT2D eigenvalue weighted by molar-refractivity contribution is 0.111. The van der Waals surface area contributed by atoms with Crippen LogP contribution in [0.4, 0.5) is 0 Å². The van der Waals surface area contributed by atoms with Crippen LogP contribution in [0.25, 0.3) is 11.4 Å². The van der Waals surface area contributed by atoms with Crippen molar-refractivity contribution < 1.29 is 9.32 Å². The molecule has 0 spiro atoms. The van der Waals surface area contributed by atoms with Crippen LogP contribution in [0, 0.1) is 0 Å². The fraction of sp³-hybridized carbons (Fsp3) is 0.250. The van der Waals surface area contributed by atoms with Crippen LogP contribution < -0.4 is 0 Å². The maximum Gasteiger partial charge on any atom is 0.168 e. The topological polar surface area (TPSA) is 56.0 Å². The Morgan fingerprint density at radius 1 is 1.31 bits per heavy atom. The van der Waals surface area contributed by atoms with Crippen LogP contribution in [-0.4, -0.2) is 16.4 Å². The molecule has 0 saturated carbocycles. The van der Waals surface area contributed by atoms with Crippen molar-refractivity contribution in [1.29, 1.82) is 0 Å². The monoisotopic (exact) mass is 216 g/mol. The molecule has 4 nitrogen and oxygen atoms in total. The van der Waals surface area contributed by atoms with Gasteiger partial charge in [-0.15, -0.1) is 0 Å². The van der Waals surface area contributed by atoms with Crippen LogP contribution in [0.2, 0.25) is 0 Å². The molecule has 0 amide bonds. The fourth-order valence-corrected chi connectivity index (χ4v) is 1.34. The number of carbonyl (C=O) groups is 1. The largest absolute Gasteiger partial charge is 0.360 e. The van der Waals surface area contributed by atoms with Crippen LogP contribution in [0.3, 0.4) is 0 Å². The molecule has 2 rings (SSSR count). The highest BCUT2D eigenvalue weighted by Gasteiger charge is 2.10. The summed E-state index contributed by atoms with van der Waals surface area (Å²) in [4.78, 5) is 14.7. The summed E-state index contributed by atoms with van der Waals surface area (Å²) in [7, 11) is 0. The van der Waals surface area contributed by atoms with E-state index in [1.807, 2.05) is 19.9 Å². The number of rotatable bonds is 3. The molecule has 0 aliphatic rings. The zero-order valence-electron chi connectivity index (χ0n) is 9.18. The van der Waals surface area contributed by atoms with E-state index in [-0.39, 0.29) is 5.92 Å². The highest BCUT2D eigenvalue weighted by Crippen LogP contribution is 2.21. The SMILES string of the molecule is CC(C)c1cc(-c2cccc(C=O)n2)no1. The lowest BCUT2D eigenvalue weighted by Crippen LogP contribution is -1.89. The molecule has 0 N–H and O–H groups in total. The van der Waals surface area contributed by atoms with E-state index in [0.29, 0.717) is 23.4 Å². The molecule has 0 aromatic carbocycles. The Labute approximate surface area is 93.3 Å². The molecule has 4 heteroatoms. The molecule has 0 aliphatic heterocycles. The van der Waals surface area contributed by atoms with Gasteiger partial charge in [-0.2, -0.15) is 0 Å². The van der Waals surface area contributed by atoms with Crippen molar-refractivity contribution in [2.75, 3.05) is 0 Å². The summed E-state index contributed by atoms with van der Waals surface area (Å²) >= 11 is 0. The molecule has 0 unspecified atom stereocenters. The normalized spacial score (nSPS) is 10.7. The standard InChI is InChI=1S/C12H12N2O2/c1-8(2)12-6-11(14-16-12)10-5-3-4-9(7-15)13-10/h3-8H,1-2H3. The highest BCUT2D eigenvalue weighted by molar-refractivity contribution is 5.73. The smallest absolute Gasteiger partial charge is 0.168 e. The maximum atomic E-state index is 10.6. The van der Waals surface area contributed by atoms with E-state index >= 15 is 0 Å². The Kier molecular flexibility index (Phi) is 2.81. The Morgan fingerprint density at radius 2 is 2.12 bits per heavy atom. The summed E-state index contributed by atoms with van der Waals surface area (Å²) in [5.41, 5.74) is 1.71. The third-order valence-electron chi connectivity index (χ3n) is 2.25. The first-order valence-corrected chi connectivity index (χ1v) is 5.10. The molecular formula is C12H12N2O2. The van der Waals surface area contributed by atoms with Crippen LogP contribution in [0.15, 0.2) is 28.8 Å². The third kappa shape index (κ3) is 2.00. The molecule has 0 aliphatic carbocycles. The summed E-state index contributed by atoms with van der Waals surface area (Å²) in [6.07, 6.45) is 0.715. The minimum absolute atomic E-state index is 0.288. The van der Waals surface area contributed by atoms with Gasteiger partial charge in [0.25, 0.3) is 0 Å². The molecule has 0 radical (unpaired) electrons. The van der Waals surface area contributed by atoms with Gasteiger partial charge in [0.2, 0.25) is 0 Å². The predicted molar refractivity (Wildman–Crippen MR) is 59.2 cm³/mol. The number of aromatic nitrogens is 2. The van der Waals surface area contributed by atoms with Gasteiger partial charge >= 0.3 is 0 Å². The molecule has 0 saturated heterocycles. The molecule has 2 aromatic heterocycles. The van der Waals surface area contributed by atoms with E-state index in [9.17, 15) is 4.79 Å². The van der Waals surface area contributed by atoms with Crippen molar-refractivity contribution in [1.82, 2.24) is 10.1 Å². The minimum Gasteiger partial charge on any atom is -0.360 e. The van der Waals surface area contributed by atoms with E-state index in [4.69, 9.17) is 4.52 Å². The van der Waals surface area contributed by atoms with Gasteiger partial charge < -0.3 is 4.52 Å². The van der Waals surface area contributed by atoms with Crippen molar-refractivity contribution >= 4 is 6.29 Å². The van der Waals surface area contributed by atoms with Crippen LogP contribution in [0.1, 0.15) is 36.0 Å². The second-order valence-corrected chi connectivity index (χ2v) is 3.83. The van der Waals surface area contributed by atoms with E-state index < -0.39 is 0 Å². The number of aldehydes is 1. The van der Waals surface area contributed by atoms with Crippen LogP contribution in [0.5, 0.6) is 0 Å². The zero-order chi connectivity index (χ0) is 11.5. The first-order valence-electron chi connectivity index (χ1n) is 5.10. The van der Waals surface area contributed by atoms with Gasteiger partial charge in [0.1, 0.15) is 17.1 Å². The first kappa shape index (κ1) is 10.5. The van der Waals surface area contributed by atoms with Crippen molar-refractivity contribution in [2.45, 2.75) is 19.8 Å². The second kappa shape index (κ2) is 4.26. The van der Waals surface area contributed by atoms with E-state index in [1.165, 1.54) is 0 Å². The Bertz CT molecular complexity index is 503. The summed E-state index contributed by atoms with van der Waals surface area (Å²) in [6.45, 7) is 4.05. The Balaban J connectivity index is 2.38. The number of hydrogen-bond acceptors (Lipinski definition) is 4. The lowest BCUT2D eigenvalue weighted by Gasteiger charge is -1.95. The maximum absolute atomic E-state index is 10.6. The molecule has 0 atom stereocenters. The average Bonchev–Trinajstić information content (AvgIpc) is 2.78. The van der Waals surface area contributed by atoms with Crippen molar-refractivity contribution in [3.8, 4) is 11.4 Å². The second-order valence-electron chi connectivity index (χ2n) is 3.83. The molecular weight excluding hydrogens is 204 g/mol. The number of nitrogens with zero attached hydrogens (tertiary/aromatic N) is 2. The van der Waals surface area contributed by atoms with Crippen LogP contribution in [-0.2, 0) is 0 Å². The van der Waals surface area contributed by atoms with Gasteiger partial charge in [-0.05, 0) is 12.1 Å². The molecule has 82 valence electrons. The van der Waals surface area contributed by atoms with E-state index in [0.717, 1.165) is 5.76 Å². The zero-order valence-corrected chi connectivity index (χ0v) is 9.18. The molecule has 0 bridgehead atoms. The molecule has 2 heterocycles. The van der Waals surface area contributed by atoms with Gasteiger partial charge in [-0.3, -0.25) is 4.79 Å². The quantitative estimate of drug-likeness (QED) is 0.740. The highest BCUT2D eigenvalue weighted by atomic mass is 16.5. The summed E-state index contributed by atoms with van der Waals surface area (Å²) in [6, 6.07) is 7.08. The summed E-state index contributed by atoms with van der Waals surface area (Å²) in [5.74, 6) is 1.10. The summed E-state index contributed by atoms with van der Waals surface area (Å²) < 4.78 is 5.18. The predicted octanol–water partition coefficient (Wildman–Crippen LogP) is 2.67. The molecule has 16 heavy (non-hydrogen) atoms. The number of hydrogen-bond donors (Lipinski definition) is 0. The number of carbonyl (C=O) groups excluding carboxylic acids is 1. The van der Waals surface area contributed by atoms with Gasteiger partial charge in [0.05, 0.1) is 5.69 Å². The Morgan fingerprint density at radius 3 is 2.75 bits per heavy atom. The third-order valence-corrected chi connectivity index (χ3v) is 2.25.